The van der Waals surface area contributed by atoms with Crippen molar-refractivity contribution >= 4 is 77.2 Å². The Bertz CT molecular complexity index is 3080. The third kappa shape index (κ3) is 6.51. The summed E-state index contributed by atoms with van der Waals surface area (Å²) in [6, 6.07) is 87.9. The molecule has 11 rings (SSSR count). The maximum absolute atomic E-state index is 2.38. The predicted molar refractivity (Wildman–Crippen MR) is 257 cm³/mol. The molecule has 2 nitrogen and oxygen atoms in total. The van der Waals surface area contributed by atoms with Gasteiger partial charge in [0, 0.05) is 33.5 Å². The Morgan fingerprint density at radius 3 is 0.900 bits per heavy atom. The maximum atomic E-state index is 2.38. The molecule has 0 bridgehead atoms. The van der Waals surface area contributed by atoms with Crippen LogP contribution in [-0.2, 0) is 0 Å². The van der Waals surface area contributed by atoms with Gasteiger partial charge in [0.15, 0.2) is 0 Å². The monoisotopic (exact) mass is 764 g/mol. The highest BCUT2D eigenvalue weighted by Crippen LogP contribution is 2.42. The van der Waals surface area contributed by atoms with E-state index in [1.54, 1.807) is 0 Å². The van der Waals surface area contributed by atoms with Crippen LogP contribution in [-0.4, -0.2) is 0 Å². The number of hydrogen-bond donors (Lipinski definition) is 0. The fourth-order valence-corrected chi connectivity index (χ4v) is 8.75. The Morgan fingerprint density at radius 2 is 0.500 bits per heavy atom. The lowest BCUT2D eigenvalue weighted by atomic mass is 9.99. The van der Waals surface area contributed by atoms with Crippen molar-refractivity contribution in [2.45, 2.75) is 0 Å². The fourth-order valence-electron chi connectivity index (χ4n) is 8.75. The van der Waals surface area contributed by atoms with Crippen molar-refractivity contribution in [2.24, 2.45) is 0 Å². The minimum Gasteiger partial charge on any atom is -0.310 e. The minimum absolute atomic E-state index is 1.11. The number of rotatable bonds is 8. The largest absolute Gasteiger partial charge is 0.310 e. The molecule has 0 heterocycles. The van der Waals surface area contributed by atoms with E-state index in [0.717, 1.165) is 34.1 Å². The van der Waals surface area contributed by atoms with Gasteiger partial charge in [-0.2, -0.15) is 0 Å². The summed E-state index contributed by atoms with van der Waals surface area (Å²) in [6.07, 6.45) is 0. The van der Waals surface area contributed by atoms with Crippen LogP contribution in [0.25, 0.3) is 65.3 Å². The second-order valence-corrected chi connectivity index (χ2v) is 15.4. The van der Waals surface area contributed by atoms with E-state index in [0.29, 0.717) is 0 Å². The average Bonchev–Trinajstić information content (AvgIpc) is 3.32. The summed E-state index contributed by atoms with van der Waals surface area (Å²) < 4.78 is 0. The lowest BCUT2D eigenvalue weighted by molar-refractivity contribution is 1.30. The van der Waals surface area contributed by atoms with E-state index in [9.17, 15) is 0 Å². The minimum atomic E-state index is 1.11. The lowest BCUT2D eigenvalue weighted by Crippen LogP contribution is -2.10. The first kappa shape index (κ1) is 35.2. The molecule has 11 aromatic carbocycles. The van der Waals surface area contributed by atoms with Gasteiger partial charge in [0.2, 0.25) is 0 Å². The van der Waals surface area contributed by atoms with Crippen molar-refractivity contribution in [1.29, 1.82) is 0 Å². The van der Waals surface area contributed by atoms with E-state index in [1.165, 1.54) is 65.3 Å². The highest BCUT2D eigenvalue weighted by Gasteiger charge is 2.18. The second-order valence-electron chi connectivity index (χ2n) is 15.4. The zero-order chi connectivity index (χ0) is 39.8. The first-order chi connectivity index (χ1) is 29.7. The van der Waals surface area contributed by atoms with E-state index < -0.39 is 0 Å². The quantitative estimate of drug-likeness (QED) is 0.152. The van der Waals surface area contributed by atoms with Gasteiger partial charge in [-0.15, -0.1) is 0 Å². The molecule has 0 aromatic heterocycles. The van der Waals surface area contributed by atoms with Crippen LogP contribution in [0.5, 0.6) is 0 Å². The molecule has 0 fully saturated rings. The zero-order valence-corrected chi connectivity index (χ0v) is 33.0. The van der Waals surface area contributed by atoms with E-state index in [-0.39, 0.29) is 0 Å². The highest BCUT2D eigenvalue weighted by molar-refractivity contribution is 6.02. The normalized spacial score (nSPS) is 11.3. The predicted octanol–water partition coefficient (Wildman–Crippen LogP) is 16.6. The van der Waals surface area contributed by atoms with Gasteiger partial charge < -0.3 is 9.80 Å². The van der Waals surface area contributed by atoms with Crippen LogP contribution in [0.3, 0.4) is 0 Å². The van der Waals surface area contributed by atoms with E-state index in [1.807, 2.05) is 0 Å². The van der Waals surface area contributed by atoms with Crippen LogP contribution in [0.2, 0.25) is 0 Å². The number of fused-ring (bicyclic) bond motifs is 4. The maximum Gasteiger partial charge on any atom is 0.0540 e. The van der Waals surface area contributed by atoms with Gasteiger partial charge in [-0.3, -0.25) is 0 Å². The molecule has 0 saturated heterocycles. The van der Waals surface area contributed by atoms with E-state index >= 15 is 0 Å². The number of nitrogens with zero attached hydrogens (tertiary/aromatic N) is 2. The third-order valence-corrected chi connectivity index (χ3v) is 11.8. The number of anilines is 6. The summed E-state index contributed by atoms with van der Waals surface area (Å²) in [4.78, 5) is 4.76. The third-order valence-electron chi connectivity index (χ3n) is 11.8. The molecule has 0 unspecified atom stereocenters. The number of benzene rings is 11. The van der Waals surface area contributed by atoms with Crippen molar-refractivity contribution in [3.05, 3.63) is 243 Å². The summed E-state index contributed by atoms with van der Waals surface area (Å²) in [5.41, 5.74) is 11.5. The topological polar surface area (TPSA) is 6.48 Å². The van der Waals surface area contributed by atoms with Gasteiger partial charge in [-0.25, -0.2) is 0 Å². The summed E-state index contributed by atoms with van der Waals surface area (Å²) in [5.74, 6) is 0. The Labute approximate surface area is 350 Å². The summed E-state index contributed by atoms with van der Waals surface area (Å²) in [6.45, 7) is 0. The molecule has 0 spiro atoms. The van der Waals surface area contributed by atoms with Crippen molar-refractivity contribution in [3.8, 4) is 22.3 Å². The van der Waals surface area contributed by atoms with Crippen molar-refractivity contribution in [2.75, 3.05) is 9.80 Å². The SMILES string of the molecule is c1ccc2cc(N(c3ccc(-c4ccc(-c5ccc(N(c6ccc7ccccc7c6)c6cccc7ccccc67)cc5)cc4)cc3)c3cccc4ccccc34)ccc2c1. The Hall–Kier alpha value is -7.94. The van der Waals surface area contributed by atoms with Gasteiger partial charge in [0.1, 0.15) is 0 Å². The molecular formula is C58H40N2. The lowest BCUT2D eigenvalue weighted by Gasteiger charge is -2.27. The highest BCUT2D eigenvalue weighted by atomic mass is 15.1. The van der Waals surface area contributed by atoms with Crippen LogP contribution in [0, 0.1) is 0 Å². The molecule has 0 saturated carbocycles. The van der Waals surface area contributed by atoms with Crippen LogP contribution >= 0.6 is 0 Å². The molecule has 2 heteroatoms. The molecule has 60 heavy (non-hydrogen) atoms. The van der Waals surface area contributed by atoms with Crippen LogP contribution in [0.4, 0.5) is 34.1 Å². The van der Waals surface area contributed by atoms with Crippen molar-refractivity contribution < 1.29 is 0 Å². The molecule has 0 aliphatic rings. The van der Waals surface area contributed by atoms with Gasteiger partial charge >= 0.3 is 0 Å². The van der Waals surface area contributed by atoms with Gasteiger partial charge in [0.25, 0.3) is 0 Å². The molecule has 0 aliphatic heterocycles. The molecule has 0 radical (unpaired) electrons. The molecule has 0 aliphatic carbocycles. The zero-order valence-electron chi connectivity index (χ0n) is 33.0. The molecule has 0 amide bonds. The van der Waals surface area contributed by atoms with Gasteiger partial charge in [-0.1, -0.05) is 182 Å². The molecule has 0 N–H and O–H groups in total. The molecule has 282 valence electrons. The van der Waals surface area contributed by atoms with Crippen LogP contribution < -0.4 is 9.80 Å². The Balaban J connectivity index is 0.906. The first-order valence-corrected chi connectivity index (χ1v) is 20.6. The van der Waals surface area contributed by atoms with Crippen molar-refractivity contribution in [3.63, 3.8) is 0 Å². The summed E-state index contributed by atoms with van der Waals surface area (Å²) in [7, 11) is 0. The fraction of sp³-hybridized carbons (Fsp3) is 0. The summed E-state index contributed by atoms with van der Waals surface area (Å²) >= 11 is 0. The molecule has 0 atom stereocenters. The van der Waals surface area contributed by atoms with E-state index in [4.69, 9.17) is 0 Å². The van der Waals surface area contributed by atoms with Crippen molar-refractivity contribution in [1.82, 2.24) is 0 Å². The Morgan fingerprint density at radius 1 is 0.200 bits per heavy atom. The Kier molecular flexibility index (Phi) is 8.87. The molecule has 11 aromatic rings. The molecular weight excluding hydrogens is 725 g/mol. The number of hydrogen-bond acceptors (Lipinski definition) is 2. The van der Waals surface area contributed by atoms with Crippen LogP contribution in [0.1, 0.15) is 0 Å². The second kappa shape index (κ2) is 15.1. The average molecular weight is 765 g/mol. The van der Waals surface area contributed by atoms with Crippen LogP contribution in [0.15, 0.2) is 243 Å². The van der Waals surface area contributed by atoms with Gasteiger partial charge in [-0.05, 0) is 115 Å². The standard InChI is InChI=1S/C58H40N2/c1-3-15-49-39-53(37-31-41(49)11-1)59(57-21-9-17-47-13-5-7-19-55(47)57)51-33-27-45(28-34-51)43-23-25-44(26-24-43)46-29-35-52(36-30-46)60(54-38-32-42-12-2-4-16-50(42)40-54)58-22-10-18-48-14-6-8-20-56(48)58/h1-40H. The van der Waals surface area contributed by atoms with Gasteiger partial charge in [0.05, 0.1) is 11.4 Å². The van der Waals surface area contributed by atoms with E-state index in [2.05, 4.69) is 252 Å². The first-order valence-electron chi connectivity index (χ1n) is 20.6. The summed E-state index contributed by atoms with van der Waals surface area (Å²) in [5, 5.41) is 9.79. The smallest absolute Gasteiger partial charge is 0.0540 e.